The van der Waals surface area contributed by atoms with Crippen molar-refractivity contribution in [2.75, 3.05) is 6.61 Å². The Morgan fingerprint density at radius 3 is 2.43 bits per heavy atom. The summed E-state index contributed by atoms with van der Waals surface area (Å²) in [5.74, 6) is 0. The minimum Gasteiger partial charge on any atom is -0.392 e. The van der Waals surface area contributed by atoms with Crippen molar-refractivity contribution in [3.05, 3.63) is 12.2 Å². The Kier molecular flexibility index (Phi) is 3.65. The third kappa shape index (κ3) is 5.66. The smallest absolute Gasteiger partial charge is 0.0693 e. The zero-order valence-electron chi connectivity index (χ0n) is 4.33. The van der Waals surface area contributed by atoms with Crippen molar-refractivity contribution >= 4 is 0 Å². The maximum atomic E-state index is 8.49. The fourth-order valence-electron chi connectivity index (χ4n) is 0.258. The summed E-state index contributed by atoms with van der Waals surface area (Å²) >= 11 is 0. The number of aliphatic hydroxyl groups excluding tert-OH is 2. The van der Waals surface area contributed by atoms with Crippen LogP contribution in [-0.4, -0.2) is 22.9 Å². The van der Waals surface area contributed by atoms with Gasteiger partial charge in [0.2, 0.25) is 0 Å². The van der Waals surface area contributed by atoms with Crippen molar-refractivity contribution in [2.24, 2.45) is 0 Å². The van der Waals surface area contributed by atoms with Gasteiger partial charge in [-0.25, -0.2) is 0 Å². The topological polar surface area (TPSA) is 40.5 Å². The van der Waals surface area contributed by atoms with E-state index < -0.39 is 6.10 Å². The second-order valence-electron chi connectivity index (χ2n) is 1.35. The number of aliphatic hydroxyl groups is 2. The third-order valence-electron chi connectivity index (χ3n) is 0.520. The van der Waals surface area contributed by atoms with Crippen LogP contribution in [0.2, 0.25) is 0 Å². The lowest BCUT2D eigenvalue weighted by Crippen LogP contribution is -1.91. The van der Waals surface area contributed by atoms with Crippen LogP contribution in [0.4, 0.5) is 0 Å². The fraction of sp³-hybridized carbons (Fsp3) is 0.600. The van der Waals surface area contributed by atoms with Crippen LogP contribution in [0.3, 0.4) is 0 Å². The first kappa shape index (κ1) is 6.66. The average Bonchev–Trinajstić information content (AvgIpc) is 1.61. The molecule has 42 valence electrons. The van der Waals surface area contributed by atoms with Gasteiger partial charge in [-0.2, -0.15) is 0 Å². The lowest BCUT2D eigenvalue weighted by molar-refractivity contribution is 0.242. The van der Waals surface area contributed by atoms with E-state index in [9.17, 15) is 0 Å². The second kappa shape index (κ2) is 3.84. The average molecular weight is 102 g/mol. The number of rotatable bonds is 2. The second-order valence-corrected chi connectivity index (χ2v) is 1.35. The van der Waals surface area contributed by atoms with Gasteiger partial charge in [0.1, 0.15) is 0 Å². The molecule has 1 atom stereocenters. The van der Waals surface area contributed by atoms with Crippen molar-refractivity contribution in [3.8, 4) is 0 Å². The van der Waals surface area contributed by atoms with Crippen LogP contribution in [-0.2, 0) is 0 Å². The normalized spacial score (nSPS) is 15.3. The van der Waals surface area contributed by atoms with Gasteiger partial charge in [0.05, 0.1) is 12.7 Å². The van der Waals surface area contributed by atoms with Gasteiger partial charge in [-0.15, -0.1) is 0 Å². The molecule has 0 radical (unpaired) electrons. The quantitative estimate of drug-likeness (QED) is 0.478. The van der Waals surface area contributed by atoms with Gasteiger partial charge in [0.15, 0.2) is 0 Å². The lowest BCUT2D eigenvalue weighted by atomic mass is 10.4. The van der Waals surface area contributed by atoms with E-state index in [1.54, 1.807) is 6.92 Å². The van der Waals surface area contributed by atoms with Crippen molar-refractivity contribution in [1.29, 1.82) is 0 Å². The Balaban J connectivity index is 3.08. The van der Waals surface area contributed by atoms with Crippen molar-refractivity contribution in [2.45, 2.75) is 13.0 Å². The van der Waals surface area contributed by atoms with Crippen molar-refractivity contribution in [1.82, 2.24) is 0 Å². The van der Waals surface area contributed by atoms with Crippen LogP contribution in [0.25, 0.3) is 0 Å². The third-order valence-corrected chi connectivity index (χ3v) is 0.520. The highest BCUT2D eigenvalue weighted by atomic mass is 16.3. The van der Waals surface area contributed by atoms with Crippen molar-refractivity contribution < 1.29 is 10.2 Å². The maximum absolute atomic E-state index is 8.49. The van der Waals surface area contributed by atoms with Crippen LogP contribution >= 0.6 is 0 Å². The zero-order valence-corrected chi connectivity index (χ0v) is 4.33. The molecule has 2 heteroatoms. The highest BCUT2D eigenvalue weighted by Crippen LogP contribution is 1.79. The molecule has 0 bridgehead atoms. The van der Waals surface area contributed by atoms with Gasteiger partial charge >= 0.3 is 0 Å². The highest BCUT2D eigenvalue weighted by Gasteiger charge is 1.80. The minimum atomic E-state index is -0.438. The Hall–Kier alpha value is -0.340. The molecule has 7 heavy (non-hydrogen) atoms. The summed E-state index contributed by atoms with van der Waals surface area (Å²) in [5, 5.41) is 16.6. The molecule has 0 unspecified atom stereocenters. The van der Waals surface area contributed by atoms with E-state index in [1.807, 2.05) is 0 Å². The highest BCUT2D eigenvalue weighted by molar-refractivity contribution is 4.85. The molecule has 0 aromatic heterocycles. The first-order valence-corrected chi connectivity index (χ1v) is 2.23. The first-order chi connectivity index (χ1) is 3.27. The molecule has 0 aliphatic rings. The summed E-state index contributed by atoms with van der Waals surface area (Å²) in [6, 6.07) is 0. The molecular formula is C5H10O2. The molecule has 0 spiro atoms. The molecule has 0 fully saturated rings. The van der Waals surface area contributed by atoms with E-state index in [4.69, 9.17) is 10.2 Å². The summed E-state index contributed by atoms with van der Waals surface area (Å²) in [6.07, 6.45) is 2.59. The van der Waals surface area contributed by atoms with Crippen LogP contribution in [0.5, 0.6) is 0 Å². The Bertz CT molecular complexity index is 57.1. The molecule has 0 aromatic rings. The van der Waals surface area contributed by atoms with E-state index in [2.05, 4.69) is 0 Å². The molecule has 0 aromatic carbocycles. The summed E-state index contributed by atoms with van der Waals surface area (Å²) < 4.78 is 0. The molecule has 2 nitrogen and oxygen atoms in total. The summed E-state index contributed by atoms with van der Waals surface area (Å²) in [6.45, 7) is 1.64. The van der Waals surface area contributed by atoms with Gasteiger partial charge < -0.3 is 10.2 Å². The van der Waals surface area contributed by atoms with E-state index >= 15 is 0 Å². The minimum absolute atomic E-state index is 0.00486. The van der Waals surface area contributed by atoms with Crippen LogP contribution < -0.4 is 0 Å². The van der Waals surface area contributed by atoms with Gasteiger partial charge in [-0.05, 0) is 6.92 Å². The predicted molar refractivity (Wildman–Crippen MR) is 27.9 cm³/mol. The van der Waals surface area contributed by atoms with Crippen LogP contribution in [0.15, 0.2) is 12.2 Å². The summed E-state index contributed by atoms with van der Waals surface area (Å²) in [5.41, 5.74) is 0. The molecule has 0 saturated heterocycles. The monoisotopic (exact) mass is 102 g/mol. The largest absolute Gasteiger partial charge is 0.392 e. The van der Waals surface area contributed by atoms with Gasteiger partial charge in [-0.3, -0.25) is 0 Å². The first-order valence-electron chi connectivity index (χ1n) is 2.23. The van der Waals surface area contributed by atoms with E-state index in [1.165, 1.54) is 12.2 Å². The molecule has 0 heterocycles. The molecule has 0 aliphatic carbocycles. The SMILES string of the molecule is C[C@@H](O)/C=C/CO. The molecule has 0 saturated carbocycles. The van der Waals surface area contributed by atoms with E-state index in [0.29, 0.717) is 0 Å². The van der Waals surface area contributed by atoms with Gasteiger partial charge in [-0.1, -0.05) is 12.2 Å². The molecule has 2 N–H and O–H groups in total. The summed E-state index contributed by atoms with van der Waals surface area (Å²) in [7, 11) is 0. The van der Waals surface area contributed by atoms with Crippen LogP contribution in [0, 0.1) is 0 Å². The van der Waals surface area contributed by atoms with Gasteiger partial charge in [0, 0.05) is 0 Å². The zero-order chi connectivity index (χ0) is 5.70. The molecule has 0 amide bonds. The summed E-state index contributed by atoms with van der Waals surface area (Å²) in [4.78, 5) is 0. The molecular weight excluding hydrogens is 92.1 g/mol. The lowest BCUT2D eigenvalue weighted by Gasteiger charge is -1.88. The Morgan fingerprint density at radius 1 is 1.71 bits per heavy atom. The standard InChI is InChI=1S/C5H10O2/c1-5(7)3-2-4-6/h2-3,5-7H,4H2,1H3/b3-2+/t5-/m1/s1. The van der Waals surface area contributed by atoms with Gasteiger partial charge in [0.25, 0.3) is 0 Å². The Morgan fingerprint density at radius 2 is 2.29 bits per heavy atom. The molecule has 0 aliphatic heterocycles. The maximum Gasteiger partial charge on any atom is 0.0693 e. The molecule has 0 rings (SSSR count). The van der Waals surface area contributed by atoms with Crippen LogP contribution in [0.1, 0.15) is 6.92 Å². The number of hydrogen-bond donors (Lipinski definition) is 2. The fourth-order valence-corrected chi connectivity index (χ4v) is 0.258. The van der Waals surface area contributed by atoms with E-state index in [0.717, 1.165) is 0 Å². The van der Waals surface area contributed by atoms with E-state index in [-0.39, 0.29) is 6.61 Å². The van der Waals surface area contributed by atoms with Crippen molar-refractivity contribution in [3.63, 3.8) is 0 Å². The Labute approximate surface area is 43.1 Å². The number of hydrogen-bond acceptors (Lipinski definition) is 2. The predicted octanol–water partition coefficient (Wildman–Crippen LogP) is -0.0843.